The van der Waals surface area contributed by atoms with Gasteiger partial charge >= 0.3 is 0 Å². The number of ether oxygens (including phenoxy) is 1. The molecule has 0 atom stereocenters. The van der Waals surface area contributed by atoms with Gasteiger partial charge in [-0.3, -0.25) is 4.79 Å². The minimum absolute atomic E-state index is 0.0992. The summed E-state index contributed by atoms with van der Waals surface area (Å²) in [7, 11) is 0. The Balaban J connectivity index is 2.08. The predicted molar refractivity (Wildman–Crippen MR) is 81.1 cm³/mol. The summed E-state index contributed by atoms with van der Waals surface area (Å²) in [5.74, 6) is 0.872. The average molecular weight is 277 g/mol. The van der Waals surface area contributed by atoms with Gasteiger partial charge in [-0.15, -0.1) is 0 Å². The summed E-state index contributed by atoms with van der Waals surface area (Å²) in [5, 5.41) is 0. The van der Waals surface area contributed by atoms with Crippen molar-refractivity contribution in [1.29, 1.82) is 0 Å². The van der Waals surface area contributed by atoms with Gasteiger partial charge in [-0.2, -0.15) is 0 Å². The summed E-state index contributed by atoms with van der Waals surface area (Å²) in [5.41, 5.74) is 7.69. The lowest BCUT2D eigenvalue weighted by Crippen LogP contribution is -2.48. The normalized spacial score (nSPS) is 15.6. The summed E-state index contributed by atoms with van der Waals surface area (Å²) in [6.45, 7) is 8.79. The van der Waals surface area contributed by atoms with Crippen LogP contribution in [0.15, 0.2) is 18.2 Å². The maximum Gasteiger partial charge on any atom is 0.219 e. The van der Waals surface area contributed by atoms with E-state index < -0.39 is 0 Å². The maximum atomic E-state index is 11.3. The maximum absolute atomic E-state index is 11.3. The molecule has 1 fully saturated rings. The molecule has 0 spiro atoms. The first-order valence-corrected chi connectivity index (χ1v) is 7.04. The molecule has 1 aromatic rings. The Hall–Kier alpha value is -1.91. The van der Waals surface area contributed by atoms with Crippen molar-refractivity contribution in [3.8, 4) is 5.75 Å². The number of nitrogens with zero attached hydrogens (tertiary/aromatic N) is 2. The summed E-state index contributed by atoms with van der Waals surface area (Å²) in [6.07, 6.45) is 0.0992. The van der Waals surface area contributed by atoms with Crippen molar-refractivity contribution in [3.63, 3.8) is 0 Å². The number of benzene rings is 1. The van der Waals surface area contributed by atoms with E-state index in [1.54, 1.807) is 6.92 Å². The number of nitrogen functional groups attached to an aromatic ring is 1. The zero-order valence-electron chi connectivity index (χ0n) is 12.4. The van der Waals surface area contributed by atoms with Crippen LogP contribution in [0.4, 0.5) is 11.4 Å². The van der Waals surface area contributed by atoms with E-state index in [0.29, 0.717) is 5.69 Å². The number of anilines is 2. The fourth-order valence-corrected chi connectivity index (χ4v) is 2.36. The molecule has 20 heavy (non-hydrogen) atoms. The summed E-state index contributed by atoms with van der Waals surface area (Å²) in [6, 6.07) is 5.87. The van der Waals surface area contributed by atoms with Gasteiger partial charge in [0.05, 0.1) is 11.8 Å². The van der Waals surface area contributed by atoms with Crippen LogP contribution in [0, 0.1) is 0 Å². The molecule has 5 heteroatoms. The number of rotatable bonds is 3. The fourth-order valence-electron chi connectivity index (χ4n) is 2.36. The third-order valence-corrected chi connectivity index (χ3v) is 3.45. The number of amides is 1. The summed E-state index contributed by atoms with van der Waals surface area (Å²) >= 11 is 0. The molecule has 1 saturated heterocycles. The SMILES string of the molecule is CC(=O)N1CCN(c2ccc(N)c(OC(C)C)c2)CC1. The van der Waals surface area contributed by atoms with E-state index in [9.17, 15) is 4.79 Å². The number of carbonyl (C=O) groups excluding carboxylic acids is 1. The van der Waals surface area contributed by atoms with E-state index in [0.717, 1.165) is 37.6 Å². The molecular formula is C15H23N3O2. The first-order valence-electron chi connectivity index (χ1n) is 7.04. The minimum atomic E-state index is 0.0992. The second-order valence-electron chi connectivity index (χ2n) is 5.38. The Kier molecular flexibility index (Phi) is 4.37. The standard InChI is InChI=1S/C15H23N3O2/c1-11(2)20-15-10-13(4-5-14(15)16)18-8-6-17(7-9-18)12(3)19/h4-5,10-11H,6-9,16H2,1-3H3. The highest BCUT2D eigenvalue weighted by Crippen LogP contribution is 2.29. The van der Waals surface area contributed by atoms with Crippen LogP contribution >= 0.6 is 0 Å². The lowest BCUT2D eigenvalue weighted by atomic mass is 10.2. The van der Waals surface area contributed by atoms with Gasteiger partial charge in [0.15, 0.2) is 0 Å². The summed E-state index contributed by atoms with van der Waals surface area (Å²) in [4.78, 5) is 15.5. The Morgan fingerprint density at radius 1 is 1.25 bits per heavy atom. The molecule has 2 N–H and O–H groups in total. The molecule has 1 heterocycles. The van der Waals surface area contributed by atoms with E-state index >= 15 is 0 Å². The van der Waals surface area contributed by atoms with Crippen molar-refractivity contribution in [1.82, 2.24) is 4.90 Å². The van der Waals surface area contributed by atoms with Crippen molar-refractivity contribution in [2.75, 3.05) is 36.8 Å². The highest BCUT2D eigenvalue weighted by Gasteiger charge is 2.19. The molecule has 0 aliphatic carbocycles. The second kappa shape index (κ2) is 6.03. The Morgan fingerprint density at radius 3 is 2.45 bits per heavy atom. The van der Waals surface area contributed by atoms with Crippen LogP contribution in [0.1, 0.15) is 20.8 Å². The Morgan fingerprint density at radius 2 is 1.90 bits per heavy atom. The lowest BCUT2D eigenvalue weighted by molar-refractivity contribution is -0.129. The number of piperazine rings is 1. The van der Waals surface area contributed by atoms with E-state index in [1.807, 2.05) is 36.9 Å². The van der Waals surface area contributed by atoms with Gasteiger partial charge in [0, 0.05) is 44.9 Å². The smallest absolute Gasteiger partial charge is 0.219 e. The Bertz CT molecular complexity index is 480. The van der Waals surface area contributed by atoms with Crippen LogP contribution in [-0.4, -0.2) is 43.1 Å². The molecule has 1 aromatic carbocycles. The van der Waals surface area contributed by atoms with Crippen molar-refractivity contribution < 1.29 is 9.53 Å². The van der Waals surface area contributed by atoms with Gasteiger partial charge in [0.1, 0.15) is 5.75 Å². The molecule has 0 radical (unpaired) electrons. The zero-order valence-corrected chi connectivity index (χ0v) is 12.4. The molecule has 2 rings (SSSR count). The number of carbonyl (C=O) groups is 1. The highest BCUT2D eigenvalue weighted by molar-refractivity contribution is 5.73. The zero-order chi connectivity index (χ0) is 14.7. The molecule has 0 bridgehead atoms. The van der Waals surface area contributed by atoms with Crippen LogP contribution in [0.5, 0.6) is 5.75 Å². The second-order valence-corrected chi connectivity index (χ2v) is 5.38. The topological polar surface area (TPSA) is 58.8 Å². The van der Waals surface area contributed by atoms with Crippen molar-refractivity contribution in [2.45, 2.75) is 26.9 Å². The van der Waals surface area contributed by atoms with E-state index in [4.69, 9.17) is 10.5 Å². The predicted octanol–water partition coefficient (Wildman–Crippen LogP) is 1.72. The van der Waals surface area contributed by atoms with Crippen molar-refractivity contribution in [2.24, 2.45) is 0 Å². The van der Waals surface area contributed by atoms with E-state index in [-0.39, 0.29) is 12.0 Å². The highest BCUT2D eigenvalue weighted by atomic mass is 16.5. The van der Waals surface area contributed by atoms with Gasteiger partial charge in [0.25, 0.3) is 0 Å². The third kappa shape index (κ3) is 3.35. The molecule has 1 amide bonds. The molecule has 0 saturated carbocycles. The van der Waals surface area contributed by atoms with Crippen molar-refractivity contribution >= 4 is 17.3 Å². The fraction of sp³-hybridized carbons (Fsp3) is 0.533. The molecule has 1 aliphatic rings. The van der Waals surface area contributed by atoms with Crippen LogP contribution in [0.3, 0.4) is 0 Å². The van der Waals surface area contributed by atoms with Gasteiger partial charge in [-0.1, -0.05) is 0 Å². The molecular weight excluding hydrogens is 254 g/mol. The number of hydrogen-bond donors (Lipinski definition) is 1. The first kappa shape index (κ1) is 14.5. The molecule has 110 valence electrons. The van der Waals surface area contributed by atoms with Crippen LogP contribution in [0.25, 0.3) is 0 Å². The first-order chi connectivity index (χ1) is 9.47. The Labute approximate surface area is 120 Å². The molecule has 0 unspecified atom stereocenters. The van der Waals surface area contributed by atoms with Gasteiger partial charge < -0.3 is 20.3 Å². The molecule has 0 aromatic heterocycles. The average Bonchev–Trinajstić information content (AvgIpc) is 2.41. The monoisotopic (exact) mass is 277 g/mol. The molecule has 1 aliphatic heterocycles. The van der Waals surface area contributed by atoms with E-state index in [1.165, 1.54) is 0 Å². The molecule has 5 nitrogen and oxygen atoms in total. The van der Waals surface area contributed by atoms with Crippen LogP contribution in [-0.2, 0) is 4.79 Å². The minimum Gasteiger partial charge on any atom is -0.489 e. The number of hydrogen-bond acceptors (Lipinski definition) is 4. The number of nitrogens with two attached hydrogens (primary N) is 1. The van der Waals surface area contributed by atoms with Gasteiger partial charge in [-0.25, -0.2) is 0 Å². The van der Waals surface area contributed by atoms with Gasteiger partial charge in [0.2, 0.25) is 5.91 Å². The summed E-state index contributed by atoms with van der Waals surface area (Å²) < 4.78 is 5.72. The lowest BCUT2D eigenvalue weighted by Gasteiger charge is -2.35. The van der Waals surface area contributed by atoms with E-state index in [2.05, 4.69) is 4.90 Å². The quantitative estimate of drug-likeness (QED) is 0.855. The van der Waals surface area contributed by atoms with Gasteiger partial charge in [-0.05, 0) is 26.0 Å². The third-order valence-electron chi connectivity index (χ3n) is 3.45. The largest absolute Gasteiger partial charge is 0.489 e. The van der Waals surface area contributed by atoms with Crippen LogP contribution in [0.2, 0.25) is 0 Å². The van der Waals surface area contributed by atoms with Crippen LogP contribution < -0.4 is 15.4 Å². The van der Waals surface area contributed by atoms with Crippen molar-refractivity contribution in [3.05, 3.63) is 18.2 Å².